The average Bonchev–Trinajstić information content (AvgIpc) is 2.63. The summed E-state index contributed by atoms with van der Waals surface area (Å²) in [5.74, 6) is -6.79. The van der Waals surface area contributed by atoms with Crippen LogP contribution in [0.3, 0.4) is 0 Å². The van der Waals surface area contributed by atoms with E-state index in [4.69, 9.17) is 11.6 Å². The summed E-state index contributed by atoms with van der Waals surface area (Å²) in [6.07, 6.45) is -0.353. The highest BCUT2D eigenvalue weighted by atomic mass is 35.5. The molecule has 0 saturated carbocycles. The van der Waals surface area contributed by atoms with E-state index in [1.165, 1.54) is 12.1 Å². The van der Waals surface area contributed by atoms with Crippen LogP contribution in [0, 0.1) is 27.7 Å². The van der Waals surface area contributed by atoms with Gasteiger partial charge in [-0.1, -0.05) is 17.7 Å². The van der Waals surface area contributed by atoms with Crippen LogP contribution in [0.4, 0.5) is 14.5 Å². The number of benzene rings is 2. The molecule has 7 nitrogen and oxygen atoms in total. The largest absolute Gasteiger partial charge is 0.348 e. The maximum Gasteiger partial charge on any atom is 0.281 e. The van der Waals surface area contributed by atoms with Gasteiger partial charge in [0.15, 0.2) is 29.1 Å². The molecule has 28 heavy (non-hydrogen) atoms. The van der Waals surface area contributed by atoms with Crippen LogP contribution in [0.2, 0.25) is 5.02 Å². The SMILES string of the molecule is O=C1CC(c2ccc(F)c(F)c2)NC(=O)C1C(=O)c1ccc(Cl)cc1[N+](=O)[O-]. The molecule has 2 atom stereocenters. The summed E-state index contributed by atoms with van der Waals surface area (Å²) in [5.41, 5.74) is -0.890. The Morgan fingerprint density at radius 3 is 2.46 bits per heavy atom. The summed E-state index contributed by atoms with van der Waals surface area (Å²) in [5, 5.41) is 13.6. The van der Waals surface area contributed by atoms with Gasteiger partial charge in [-0.25, -0.2) is 8.78 Å². The molecule has 1 aliphatic rings. The first-order chi connectivity index (χ1) is 13.2. The van der Waals surface area contributed by atoms with E-state index in [-0.39, 0.29) is 17.0 Å². The van der Waals surface area contributed by atoms with Gasteiger partial charge in [-0.05, 0) is 29.8 Å². The van der Waals surface area contributed by atoms with Crippen molar-refractivity contribution in [1.29, 1.82) is 0 Å². The van der Waals surface area contributed by atoms with Gasteiger partial charge in [0.2, 0.25) is 5.91 Å². The molecule has 10 heteroatoms. The topological polar surface area (TPSA) is 106 Å². The molecular weight excluding hydrogens is 398 g/mol. The van der Waals surface area contributed by atoms with Crippen LogP contribution < -0.4 is 5.32 Å². The third-order valence-corrected chi connectivity index (χ3v) is 4.57. The number of nitro benzene ring substituents is 1. The van der Waals surface area contributed by atoms with E-state index in [9.17, 15) is 33.3 Å². The van der Waals surface area contributed by atoms with E-state index in [1.54, 1.807) is 0 Å². The van der Waals surface area contributed by atoms with Gasteiger partial charge in [-0.3, -0.25) is 24.5 Å². The molecule has 0 spiro atoms. The maximum atomic E-state index is 13.4. The molecule has 1 aliphatic heterocycles. The number of nitro groups is 1. The zero-order chi connectivity index (χ0) is 20.6. The summed E-state index contributed by atoms with van der Waals surface area (Å²) in [4.78, 5) is 47.8. The number of carbonyl (C=O) groups excluding carboxylic acids is 3. The summed E-state index contributed by atoms with van der Waals surface area (Å²) >= 11 is 5.70. The van der Waals surface area contributed by atoms with Crippen molar-refractivity contribution in [1.82, 2.24) is 5.32 Å². The van der Waals surface area contributed by atoms with Gasteiger partial charge < -0.3 is 5.32 Å². The van der Waals surface area contributed by atoms with Crippen molar-refractivity contribution in [3.8, 4) is 0 Å². The fraction of sp³-hybridized carbons (Fsp3) is 0.167. The standard InChI is InChI=1S/C18H11ClF2N2O5/c19-9-2-3-10(14(6-9)23(27)28)17(25)16-15(24)7-13(22-18(16)26)8-1-4-11(20)12(21)5-8/h1-6,13,16H,7H2,(H,22,26). The van der Waals surface area contributed by atoms with E-state index in [0.717, 1.165) is 24.3 Å². The van der Waals surface area contributed by atoms with Gasteiger partial charge in [0.25, 0.3) is 5.69 Å². The fourth-order valence-corrected chi connectivity index (χ4v) is 3.15. The van der Waals surface area contributed by atoms with Crippen molar-refractivity contribution in [3.05, 3.63) is 74.3 Å². The number of nitrogens with one attached hydrogen (secondary N) is 1. The molecule has 0 radical (unpaired) electrons. The Bertz CT molecular complexity index is 1010. The number of amides is 1. The minimum absolute atomic E-state index is 0.0149. The Labute approximate surface area is 161 Å². The summed E-state index contributed by atoms with van der Waals surface area (Å²) in [7, 11) is 0. The Balaban J connectivity index is 1.89. The third kappa shape index (κ3) is 3.61. The van der Waals surface area contributed by atoms with E-state index < -0.39 is 57.2 Å². The number of hydrogen-bond donors (Lipinski definition) is 1. The first kappa shape index (κ1) is 19.6. The second-order valence-corrected chi connectivity index (χ2v) is 6.56. The number of ketones is 2. The Morgan fingerprint density at radius 1 is 1.14 bits per heavy atom. The van der Waals surface area contributed by atoms with Crippen molar-refractivity contribution in [2.24, 2.45) is 5.92 Å². The van der Waals surface area contributed by atoms with Crippen LogP contribution in [0.25, 0.3) is 0 Å². The van der Waals surface area contributed by atoms with Crippen LogP contribution in [-0.4, -0.2) is 22.4 Å². The van der Waals surface area contributed by atoms with E-state index in [1.807, 2.05) is 0 Å². The molecule has 3 rings (SSSR count). The van der Waals surface area contributed by atoms with Gasteiger partial charge in [0, 0.05) is 17.5 Å². The minimum atomic E-state index is -1.78. The summed E-state index contributed by atoms with van der Waals surface area (Å²) < 4.78 is 26.5. The van der Waals surface area contributed by atoms with E-state index in [2.05, 4.69) is 5.32 Å². The van der Waals surface area contributed by atoms with Crippen molar-refractivity contribution < 1.29 is 28.1 Å². The number of rotatable bonds is 4. The van der Waals surface area contributed by atoms with Crippen LogP contribution in [0.1, 0.15) is 28.4 Å². The minimum Gasteiger partial charge on any atom is -0.348 e. The van der Waals surface area contributed by atoms with Crippen molar-refractivity contribution in [3.63, 3.8) is 0 Å². The van der Waals surface area contributed by atoms with Crippen LogP contribution in [0.15, 0.2) is 36.4 Å². The maximum absolute atomic E-state index is 13.4. The number of nitrogens with zero attached hydrogens (tertiary/aromatic N) is 1. The molecule has 2 aromatic rings. The highest BCUT2D eigenvalue weighted by molar-refractivity contribution is 6.31. The van der Waals surface area contributed by atoms with E-state index in [0.29, 0.717) is 0 Å². The molecular formula is C18H11ClF2N2O5. The van der Waals surface area contributed by atoms with Crippen LogP contribution >= 0.6 is 11.6 Å². The molecule has 144 valence electrons. The van der Waals surface area contributed by atoms with Gasteiger partial charge in [0.1, 0.15) is 0 Å². The molecule has 1 saturated heterocycles. The van der Waals surface area contributed by atoms with Crippen molar-refractivity contribution in [2.75, 3.05) is 0 Å². The van der Waals surface area contributed by atoms with Gasteiger partial charge in [-0.2, -0.15) is 0 Å². The Kier molecular flexibility index (Phi) is 5.19. The van der Waals surface area contributed by atoms with Gasteiger partial charge in [-0.15, -0.1) is 0 Å². The molecule has 1 fully saturated rings. The fourth-order valence-electron chi connectivity index (χ4n) is 2.99. The number of carbonyl (C=O) groups is 3. The lowest BCUT2D eigenvalue weighted by atomic mass is 9.84. The zero-order valence-corrected chi connectivity index (χ0v) is 14.7. The highest BCUT2D eigenvalue weighted by Gasteiger charge is 2.42. The first-order valence-electron chi connectivity index (χ1n) is 7.95. The molecule has 0 bridgehead atoms. The molecule has 1 amide bonds. The van der Waals surface area contributed by atoms with Crippen LogP contribution in [-0.2, 0) is 9.59 Å². The second-order valence-electron chi connectivity index (χ2n) is 6.12. The lowest BCUT2D eigenvalue weighted by Gasteiger charge is -2.27. The number of Topliss-reactive ketones (excluding diaryl/α,β-unsaturated/α-hetero) is 2. The Hall–Kier alpha value is -3.20. The van der Waals surface area contributed by atoms with E-state index >= 15 is 0 Å². The lowest BCUT2D eigenvalue weighted by molar-refractivity contribution is -0.385. The second kappa shape index (κ2) is 7.43. The quantitative estimate of drug-likeness (QED) is 0.362. The van der Waals surface area contributed by atoms with Gasteiger partial charge in [0.05, 0.1) is 16.5 Å². The summed E-state index contributed by atoms with van der Waals surface area (Å²) in [6, 6.07) is 5.23. The van der Waals surface area contributed by atoms with Gasteiger partial charge >= 0.3 is 0 Å². The highest BCUT2D eigenvalue weighted by Crippen LogP contribution is 2.30. The molecule has 1 heterocycles. The third-order valence-electron chi connectivity index (χ3n) is 4.34. The normalized spacial score (nSPS) is 19.2. The summed E-state index contributed by atoms with van der Waals surface area (Å²) in [6.45, 7) is 0. The molecule has 0 aliphatic carbocycles. The number of hydrogen-bond acceptors (Lipinski definition) is 5. The zero-order valence-electron chi connectivity index (χ0n) is 13.9. The predicted molar refractivity (Wildman–Crippen MR) is 92.8 cm³/mol. The van der Waals surface area contributed by atoms with Crippen LogP contribution in [0.5, 0.6) is 0 Å². The smallest absolute Gasteiger partial charge is 0.281 e. The predicted octanol–water partition coefficient (Wildman–Crippen LogP) is 3.16. The average molecular weight is 409 g/mol. The lowest BCUT2D eigenvalue weighted by Crippen LogP contribution is -2.48. The monoisotopic (exact) mass is 408 g/mol. The number of halogens is 3. The molecule has 1 N–H and O–H groups in total. The number of piperidine rings is 1. The van der Waals surface area contributed by atoms with Crippen molar-refractivity contribution in [2.45, 2.75) is 12.5 Å². The van der Waals surface area contributed by atoms with Crippen molar-refractivity contribution >= 4 is 34.8 Å². The molecule has 0 aromatic heterocycles. The Morgan fingerprint density at radius 2 is 1.86 bits per heavy atom. The first-order valence-corrected chi connectivity index (χ1v) is 8.33. The molecule has 2 unspecified atom stereocenters. The molecule has 2 aromatic carbocycles.